The summed E-state index contributed by atoms with van der Waals surface area (Å²) in [4.78, 5) is 0. The maximum absolute atomic E-state index is 14.3. The van der Waals surface area contributed by atoms with Gasteiger partial charge in [-0.1, -0.05) is 24.3 Å². The summed E-state index contributed by atoms with van der Waals surface area (Å²) in [6.07, 6.45) is 1.52. The van der Waals surface area contributed by atoms with Gasteiger partial charge in [-0.15, -0.1) is 0 Å². The molecule has 3 heteroatoms. The van der Waals surface area contributed by atoms with Gasteiger partial charge in [0.25, 0.3) is 0 Å². The van der Waals surface area contributed by atoms with Crippen LogP contribution >= 0.6 is 11.8 Å². The van der Waals surface area contributed by atoms with Crippen LogP contribution in [0.25, 0.3) is 0 Å². The number of alkyl halides is 1. The van der Waals surface area contributed by atoms with E-state index in [0.717, 1.165) is 17.7 Å². The summed E-state index contributed by atoms with van der Waals surface area (Å²) in [5, 5.41) is 0. The molecule has 2 N–H and O–H groups in total. The number of halogens is 1. The van der Waals surface area contributed by atoms with E-state index in [0.29, 0.717) is 18.7 Å². The Kier molecular flexibility index (Phi) is 3.32. The van der Waals surface area contributed by atoms with Crippen molar-refractivity contribution in [1.29, 1.82) is 0 Å². The van der Waals surface area contributed by atoms with E-state index in [1.807, 2.05) is 24.3 Å². The van der Waals surface area contributed by atoms with Gasteiger partial charge in [0.2, 0.25) is 0 Å². The molecule has 0 aliphatic carbocycles. The fourth-order valence-corrected chi connectivity index (χ4v) is 3.15. The van der Waals surface area contributed by atoms with Gasteiger partial charge in [0.15, 0.2) is 0 Å². The van der Waals surface area contributed by atoms with E-state index in [1.165, 1.54) is 5.56 Å². The van der Waals surface area contributed by atoms with Crippen molar-refractivity contribution >= 4 is 11.8 Å². The lowest BCUT2D eigenvalue weighted by molar-refractivity contribution is 0.202. The Morgan fingerprint density at radius 1 is 1.33 bits per heavy atom. The Balaban J connectivity index is 2.15. The molecule has 1 saturated heterocycles. The van der Waals surface area contributed by atoms with Gasteiger partial charge < -0.3 is 5.73 Å². The largest absolute Gasteiger partial charge is 0.330 e. The van der Waals surface area contributed by atoms with Crippen molar-refractivity contribution in [2.75, 3.05) is 18.1 Å². The van der Waals surface area contributed by atoms with Gasteiger partial charge in [0.05, 0.1) is 0 Å². The van der Waals surface area contributed by atoms with Crippen molar-refractivity contribution in [3.05, 3.63) is 35.4 Å². The van der Waals surface area contributed by atoms with Crippen LogP contribution in [0.1, 0.15) is 17.5 Å². The lowest BCUT2D eigenvalue weighted by atomic mass is 9.94. The molecule has 0 bridgehead atoms. The van der Waals surface area contributed by atoms with Gasteiger partial charge in [-0.2, -0.15) is 11.8 Å². The number of rotatable bonds is 3. The first-order chi connectivity index (χ1) is 7.24. The molecule has 1 fully saturated rings. The minimum absolute atomic E-state index is 0.600. The van der Waals surface area contributed by atoms with Gasteiger partial charge >= 0.3 is 0 Å². The smallest absolute Gasteiger partial charge is 0.145 e. The molecule has 0 spiro atoms. The predicted molar refractivity (Wildman–Crippen MR) is 63.9 cm³/mol. The molecule has 1 unspecified atom stereocenters. The van der Waals surface area contributed by atoms with Crippen molar-refractivity contribution in [2.45, 2.75) is 18.5 Å². The molecule has 1 aromatic rings. The molecule has 0 saturated carbocycles. The quantitative estimate of drug-likeness (QED) is 0.855. The Bertz CT molecular complexity index is 317. The highest BCUT2D eigenvalue weighted by Crippen LogP contribution is 2.40. The third-order valence-electron chi connectivity index (χ3n) is 2.88. The minimum Gasteiger partial charge on any atom is -0.330 e. The van der Waals surface area contributed by atoms with E-state index < -0.39 is 5.67 Å². The maximum Gasteiger partial charge on any atom is 0.145 e. The zero-order valence-electron chi connectivity index (χ0n) is 8.71. The average molecular weight is 225 g/mol. The highest BCUT2D eigenvalue weighted by molar-refractivity contribution is 7.99. The fraction of sp³-hybridized carbons (Fsp3) is 0.500. The second kappa shape index (κ2) is 4.54. The van der Waals surface area contributed by atoms with Crippen molar-refractivity contribution in [2.24, 2.45) is 5.73 Å². The molecule has 0 radical (unpaired) electrons. The molecule has 2 rings (SSSR count). The molecule has 0 aromatic heterocycles. The van der Waals surface area contributed by atoms with E-state index in [9.17, 15) is 4.39 Å². The summed E-state index contributed by atoms with van der Waals surface area (Å²) in [5.41, 5.74) is 6.40. The van der Waals surface area contributed by atoms with Crippen molar-refractivity contribution in [3.63, 3.8) is 0 Å². The van der Waals surface area contributed by atoms with Crippen LogP contribution in [0.4, 0.5) is 4.39 Å². The highest BCUT2D eigenvalue weighted by atomic mass is 32.2. The molecule has 82 valence electrons. The van der Waals surface area contributed by atoms with Crippen LogP contribution in [-0.2, 0) is 12.1 Å². The summed E-state index contributed by atoms with van der Waals surface area (Å²) < 4.78 is 14.3. The first kappa shape index (κ1) is 11.0. The molecular formula is C12H16FNS. The van der Waals surface area contributed by atoms with Gasteiger partial charge in [0.1, 0.15) is 5.67 Å². The van der Waals surface area contributed by atoms with Gasteiger partial charge in [0, 0.05) is 5.75 Å². The monoisotopic (exact) mass is 225 g/mol. The standard InChI is InChI=1S/C12H16FNS/c13-12(6-8-15-9-12)11-3-1-10(2-4-11)5-7-14/h1-4H,5-9,14H2. The van der Waals surface area contributed by atoms with Crippen LogP contribution in [0.15, 0.2) is 24.3 Å². The topological polar surface area (TPSA) is 26.0 Å². The Morgan fingerprint density at radius 3 is 2.60 bits per heavy atom. The van der Waals surface area contributed by atoms with Gasteiger partial charge in [-0.3, -0.25) is 0 Å². The molecular weight excluding hydrogens is 209 g/mol. The predicted octanol–water partition coefficient (Wildman–Crippen LogP) is 2.49. The number of hydrogen-bond acceptors (Lipinski definition) is 2. The third kappa shape index (κ3) is 2.34. The van der Waals surface area contributed by atoms with Crippen LogP contribution in [-0.4, -0.2) is 18.1 Å². The summed E-state index contributed by atoms with van der Waals surface area (Å²) in [7, 11) is 0. The van der Waals surface area contributed by atoms with Gasteiger partial charge in [-0.25, -0.2) is 4.39 Å². The molecule has 1 aliphatic heterocycles. The fourth-order valence-electron chi connectivity index (χ4n) is 1.90. The Hall–Kier alpha value is -0.540. The molecule has 1 heterocycles. The average Bonchev–Trinajstić information content (AvgIpc) is 2.68. The van der Waals surface area contributed by atoms with Gasteiger partial charge in [-0.05, 0) is 36.3 Å². The number of thioether (sulfide) groups is 1. The zero-order chi connectivity index (χ0) is 10.7. The first-order valence-electron chi connectivity index (χ1n) is 5.31. The van der Waals surface area contributed by atoms with E-state index in [4.69, 9.17) is 5.73 Å². The molecule has 1 atom stereocenters. The molecule has 15 heavy (non-hydrogen) atoms. The normalized spacial score (nSPS) is 25.7. The lowest BCUT2D eigenvalue weighted by Crippen LogP contribution is -2.18. The van der Waals surface area contributed by atoms with Crippen LogP contribution in [0.3, 0.4) is 0 Å². The summed E-state index contributed by atoms with van der Waals surface area (Å²) in [6, 6.07) is 7.81. The summed E-state index contributed by atoms with van der Waals surface area (Å²) >= 11 is 1.70. The van der Waals surface area contributed by atoms with Crippen molar-refractivity contribution in [3.8, 4) is 0 Å². The molecule has 1 aromatic carbocycles. The number of nitrogens with two attached hydrogens (primary N) is 1. The second-order valence-corrected chi connectivity index (χ2v) is 5.11. The van der Waals surface area contributed by atoms with E-state index in [1.54, 1.807) is 11.8 Å². The van der Waals surface area contributed by atoms with Crippen molar-refractivity contribution in [1.82, 2.24) is 0 Å². The van der Waals surface area contributed by atoms with Crippen molar-refractivity contribution < 1.29 is 4.39 Å². The first-order valence-corrected chi connectivity index (χ1v) is 6.46. The summed E-state index contributed by atoms with van der Waals surface area (Å²) in [6.45, 7) is 0.649. The lowest BCUT2D eigenvalue weighted by Gasteiger charge is -2.18. The van der Waals surface area contributed by atoms with Crippen LogP contribution in [0, 0.1) is 0 Å². The van der Waals surface area contributed by atoms with E-state index >= 15 is 0 Å². The van der Waals surface area contributed by atoms with E-state index in [2.05, 4.69) is 0 Å². The minimum atomic E-state index is -1.09. The third-order valence-corrected chi connectivity index (χ3v) is 4.03. The number of benzene rings is 1. The molecule has 1 nitrogen and oxygen atoms in total. The Morgan fingerprint density at radius 2 is 2.07 bits per heavy atom. The maximum atomic E-state index is 14.3. The molecule has 1 aliphatic rings. The highest BCUT2D eigenvalue weighted by Gasteiger charge is 2.35. The van der Waals surface area contributed by atoms with Crippen LogP contribution < -0.4 is 5.73 Å². The second-order valence-electron chi connectivity index (χ2n) is 4.00. The Labute approximate surface area is 94.2 Å². The van der Waals surface area contributed by atoms with Crippen LogP contribution in [0.5, 0.6) is 0 Å². The number of hydrogen-bond donors (Lipinski definition) is 1. The SMILES string of the molecule is NCCc1ccc(C2(F)CCSC2)cc1. The van der Waals surface area contributed by atoms with Crippen LogP contribution in [0.2, 0.25) is 0 Å². The van der Waals surface area contributed by atoms with E-state index in [-0.39, 0.29) is 0 Å². The molecule has 0 amide bonds. The zero-order valence-corrected chi connectivity index (χ0v) is 9.52. The summed E-state index contributed by atoms with van der Waals surface area (Å²) in [5.74, 6) is 1.53.